The van der Waals surface area contributed by atoms with Gasteiger partial charge in [0.05, 0.1) is 24.4 Å². The molecule has 1 aromatic heterocycles. The van der Waals surface area contributed by atoms with Gasteiger partial charge in [-0.3, -0.25) is 4.90 Å². The van der Waals surface area contributed by atoms with Gasteiger partial charge >= 0.3 is 0 Å². The summed E-state index contributed by atoms with van der Waals surface area (Å²) in [5.41, 5.74) is 4.29. The number of fused-ring (bicyclic) bond motifs is 3. The van der Waals surface area contributed by atoms with Gasteiger partial charge in [0.2, 0.25) is 0 Å². The van der Waals surface area contributed by atoms with Crippen molar-refractivity contribution in [2.75, 3.05) is 13.1 Å². The van der Waals surface area contributed by atoms with Gasteiger partial charge in [-0.2, -0.15) is 0 Å². The summed E-state index contributed by atoms with van der Waals surface area (Å²) in [5.74, 6) is 0. The van der Waals surface area contributed by atoms with E-state index in [-0.39, 0.29) is 12.1 Å². The van der Waals surface area contributed by atoms with E-state index in [0.29, 0.717) is 6.61 Å². The summed E-state index contributed by atoms with van der Waals surface area (Å²) in [6.07, 6.45) is 0.172. The summed E-state index contributed by atoms with van der Waals surface area (Å²) in [6, 6.07) is 18.5. The standard InChI is InChI=1S/C20H19ClN4O/c21-16-8-6-15(7-9-16)20-18-13-26-19-12-24(10-14-4-2-1-3-5-14)11-17(19)25(18)23-22-20/h1-9,17,19H,10-13H2/t17-,19-/m0/s1. The lowest BCUT2D eigenvalue weighted by atomic mass is 10.1. The Kier molecular flexibility index (Phi) is 4.00. The minimum absolute atomic E-state index is 0.172. The normalized spacial score (nSPS) is 22.2. The first-order valence-electron chi connectivity index (χ1n) is 8.86. The molecule has 0 radical (unpaired) electrons. The van der Waals surface area contributed by atoms with Crippen LogP contribution in [0, 0.1) is 0 Å². The first-order valence-corrected chi connectivity index (χ1v) is 9.23. The van der Waals surface area contributed by atoms with Crippen molar-refractivity contribution in [2.24, 2.45) is 0 Å². The molecule has 1 fully saturated rings. The van der Waals surface area contributed by atoms with Crippen molar-refractivity contribution in [2.45, 2.75) is 25.3 Å². The molecule has 2 atom stereocenters. The Morgan fingerprint density at radius 1 is 1.04 bits per heavy atom. The third kappa shape index (κ3) is 2.82. The minimum atomic E-state index is 0.172. The van der Waals surface area contributed by atoms with E-state index in [9.17, 15) is 0 Å². The Balaban J connectivity index is 1.39. The fraction of sp³-hybridized carbons (Fsp3) is 0.300. The Morgan fingerprint density at radius 3 is 2.65 bits per heavy atom. The molecule has 5 nitrogen and oxygen atoms in total. The molecular formula is C20H19ClN4O. The molecule has 0 saturated carbocycles. The fourth-order valence-electron chi connectivity index (χ4n) is 3.93. The summed E-state index contributed by atoms with van der Waals surface area (Å²) in [7, 11) is 0. The molecular weight excluding hydrogens is 348 g/mol. The SMILES string of the molecule is Clc1ccc(-c2nnn3c2CO[C@H]2CN(Cc4ccccc4)C[C@@H]23)cc1. The highest BCUT2D eigenvalue weighted by molar-refractivity contribution is 6.30. The number of likely N-dealkylation sites (tertiary alicyclic amines) is 1. The van der Waals surface area contributed by atoms with Crippen LogP contribution in [0.15, 0.2) is 54.6 Å². The highest BCUT2D eigenvalue weighted by Gasteiger charge is 2.40. The maximum Gasteiger partial charge on any atom is 0.118 e. The lowest BCUT2D eigenvalue weighted by Gasteiger charge is -2.26. The van der Waals surface area contributed by atoms with Crippen LogP contribution >= 0.6 is 11.6 Å². The predicted octanol–water partition coefficient (Wildman–Crippen LogP) is 3.55. The number of ether oxygens (including phenoxy) is 1. The lowest BCUT2D eigenvalue weighted by Crippen LogP contribution is -2.32. The van der Waals surface area contributed by atoms with Crippen LogP contribution in [0.4, 0.5) is 0 Å². The van der Waals surface area contributed by atoms with Crippen LogP contribution in [0.25, 0.3) is 11.3 Å². The molecule has 2 aliphatic heterocycles. The second-order valence-electron chi connectivity index (χ2n) is 6.93. The number of hydrogen-bond donors (Lipinski definition) is 0. The molecule has 5 rings (SSSR count). The molecule has 0 amide bonds. The van der Waals surface area contributed by atoms with E-state index < -0.39 is 0 Å². The summed E-state index contributed by atoms with van der Waals surface area (Å²) >= 11 is 6.00. The number of aromatic nitrogens is 3. The molecule has 0 unspecified atom stereocenters. The van der Waals surface area contributed by atoms with Crippen molar-refractivity contribution >= 4 is 11.6 Å². The van der Waals surface area contributed by atoms with Gasteiger partial charge in [-0.15, -0.1) is 5.10 Å². The number of halogens is 1. The first kappa shape index (κ1) is 16.0. The third-order valence-corrected chi connectivity index (χ3v) is 5.47. The second kappa shape index (κ2) is 6.50. The van der Waals surface area contributed by atoms with E-state index in [2.05, 4.69) is 50.2 Å². The van der Waals surface area contributed by atoms with E-state index in [1.807, 2.05) is 24.3 Å². The van der Waals surface area contributed by atoms with Crippen LogP contribution in [0.2, 0.25) is 5.02 Å². The zero-order valence-corrected chi connectivity index (χ0v) is 15.0. The Morgan fingerprint density at radius 2 is 1.85 bits per heavy atom. The van der Waals surface area contributed by atoms with Crippen LogP contribution in [-0.2, 0) is 17.9 Å². The van der Waals surface area contributed by atoms with Crippen LogP contribution in [-0.4, -0.2) is 39.1 Å². The summed E-state index contributed by atoms with van der Waals surface area (Å²) in [4.78, 5) is 2.43. The zero-order valence-electron chi connectivity index (χ0n) is 14.3. The fourth-order valence-corrected chi connectivity index (χ4v) is 4.06. The predicted molar refractivity (Wildman–Crippen MR) is 99.8 cm³/mol. The molecule has 6 heteroatoms. The molecule has 26 heavy (non-hydrogen) atoms. The first-order chi connectivity index (χ1) is 12.8. The van der Waals surface area contributed by atoms with Crippen molar-refractivity contribution in [3.63, 3.8) is 0 Å². The maximum atomic E-state index is 6.17. The van der Waals surface area contributed by atoms with Gasteiger partial charge < -0.3 is 4.74 Å². The van der Waals surface area contributed by atoms with Crippen LogP contribution < -0.4 is 0 Å². The number of hydrogen-bond acceptors (Lipinski definition) is 4. The smallest absolute Gasteiger partial charge is 0.118 e. The molecule has 2 aromatic carbocycles. The largest absolute Gasteiger partial charge is 0.368 e. The quantitative estimate of drug-likeness (QED) is 0.711. The molecule has 0 N–H and O–H groups in total. The van der Waals surface area contributed by atoms with Gasteiger partial charge in [-0.1, -0.05) is 59.3 Å². The number of nitrogens with zero attached hydrogens (tertiary/aromatic N) is 4. The zero-order chi connectivity index (χ0) is 17.5. The maximum absolute atomic E-state index is 6.17. The van der Waals surface area contributed by atoms with E-state index in [4.69, 9.17) is 16.3 Å². The summed E-state index contributed by atoms with van der Waals surface area (Å²) < 4.78 is 8.24. The highest BCUT2D eigenvalue weighted by atomic mass is 35.5. The molecule has 132 valence electrons. The van der Waals surface area contributed by atoms with E-state index in [0.717, 1.165) is 41.6 Å². The molecule has 0 spiro atoms. The monoisotopic (exact) mass is 366 g/mol. The third-order valence-electron chi connectivity index (χ3n) is 5.22. The summed E-state index contributed by atoms with van der Waals surface area (Å²) in [5, 5.41) is 9.63. The van der Waals surface area contributed by atoms with Crippen molar-refractivity contribution in [3.8, 4) is 11.3 Å². The Labute approximate surface area is 157 Å². The molecule has 3 heterocycles. The van der Waals surface area contributed by atoms with Gasteiger partial charge in [0.15, 0.2) is 0 Å². The minimum Gasteiger partial charge on any atom is -0.368 e. The highest BCUT2D eigenvalue weighted by Crippen LogP contribution is 2.35. The lowest BCUT2D eigenvalue weighted by molar-refractivity contribution is -0.00494. The Bertz CT molecular complexity index is 909. The topological polar surface area (TPSA) is 43.2 Å². The van der Waals surface area contributed by atoms with Gasteiger partial charge in [0.25, 0.3) is 0 Å². The average molecular weight is 367 g/mol. The second-order valence-corrected chi connectivity index (χ2v) is 7.37. The molecule has 3 aromatic rings. The molecule has 1 saturated heterocycles. The molecule has 0 aliphatic carbocycles. The van der Waals surface area contributed by atoms with E-state index >= 15 is 0 Å². The molecule has 0 bridgehead atoms. The van der Waals surface area contributed by atoms with Crippen molar-refractivity contribution < 1.29 is 4.74 Å². The number of benzene rings is 2. The van der Waals surface area contributed by atoms with Gasteiger partial charge in [-0.25, -0.2) is 4.68 Å². The van der Waals surface area contributed by atoms with Crippen molar-refractivity contribution in [1.82, 2.24) is 19.9 Å². The van der Waals surface area contributed by atoms with Gasteiger partial charge in [0, 0.05) is 30.2 Å². The van der Waals surface area contributed by atoms with Crippen LogP contribution in [0.3, 0.4) is 0 Å². The van der Waals surface area contributed by atoms with Crippen LogP contribution in [0.1, 0.15) is 17.3 Å². The summed E-state index contributed by atoms with van der Waals surface area (Å²) in [6.45, 7) is 3.34. The molecule has 2 aliphatic rings. The van der Waals surface area contributed by atoms with Crippen molar-refractivity contribution in [1.29, 1.82) is 0 Å². The van der Waals surface area contributed by atoms with Crippen LogP contribution in [0.5, 0.6) is 0 Å². The average Bonchev–Trinajstić information content (AvgIpc) is 3.26. The number of rotatable bonds is 3. The Hall–Kier alpha value is -2.21. The van der Waals surface area contributed by atoms with Gasteiger partial charge in [-0.05, 0) is 17.7 Å². The van der Waals surface area contributed by atoms with E-state index in [1.54, 1.807) is 0 Å². The van der Waals surface area contributed by atoms with E-state index in [1.165, 1.54) is 5.56 Å². The van der Waals surface area contributed by atoms with Gasteiger partial charge in [0.1, 0.15) is 5.69 Å². The van der Waals surface area contributed by atoms with Crippen molar-refractivity contribution in [3.05, 3.63) is 70.9 Å².